The molecule has 1 unspecified atom stereocenters. The minimum Gasteiger partial charge on any atom is -0.494 e. The summed E-state index contributed by atoms with van der Waals surface area (Å²) < 4.78 is 18.1. The van der Waals surface area contributed by atoms with Crippen LogP contribution in [0, 0.1) is 0 Å². The fraction of sp³-hybridized carbons (Fsp3) is 0.333. The van der Waals surface area contributed by atoms with Crippen molar-refractivity contribution >= 4 is 10.8 Å². The van der Waals surface area contributed by atoms with Crippen molar-refractivity contribution in [1.29, 1.82) is 0 Å². The Kier molecular flexibility index (Phi) is 6.48. The Hall–Kier alpha value is -1.61. The van der Waals surface area contributed by atoms with Crippen molar-refractivity contribution < 1.29 is 8.95 Å². The lowest BCUT2D eigenvalue weighted by molar-refractivity contribution is 0.305. The van der Waals surface area contributed by atoms with E-state index in [0.717, 1.165) is 28.6 Å². The molecule has 2 aromatic rings. The molecule has 2 nitrogen and oxygen atoms in total. The van der Waals surface area contributed by atoms with Crippen LogP contribution < -0.4 is 4.74 Å². The summed E-state index contributed by atoms with van der Waals surface area (Å²) in [6.45, 7) is 2.95. The smallest absolute Gasteiger partial charge is 0.119 e. The Bertz CT molecular complexity index is 549. The minimum atomic E-state index is -1.12. The predicted molar refractivity (Wildman–Crippen MR) is 87.2 cm³/mol. The molecular weight excluding hydrogens is 280 g/mol. The van der Waals surface area contributed by atoms with Crippen LogP contribution in [0.15, 0.2) is 64.4 Å². The average molecular weight is 302 g/mol. The van der Waals surface area contributed by atoms with Crippen LogP contribution in [0.5, 0.6) is 5.75 Å². The lowest BCUT2D eigenvalue weighted by Crippen LogP contribution is -1.98. The first-order valence-electron chi connectivity index (χ1n) is 7.51. The van der Waals surface area contributed by atoms with E-state index in [9.17, 15) is 4.21 Å². The summed E-state index contributed by atoms with van der Waals surface area (Å²) >= 11 is 0. The van der Waals surface area contributed by atoms with Crippen LogP contribution in [-0.4, -0.2) is 10.8 Å². The van der Waals surface area contributed by atoms with Gasteiger partial charge in [-0.2, -0.15) is 0 Å². The summed E-state index contributed by atoms with van der Waals surface area (Å²) in [5, 5.41) is 0. The molecule has 0 aliphatic heterocycles. The predicted octanol–water partition coefficient (Wildman–Crippen LogP) is 4.81. The lowest BCUT2D eigenvalue weighted by atomic mass is 10.2. The first-order valence-corrected chi connectivity index (χ1v) is 8.66. The molecule has 0 saturated heterocycles. The first-order chi connectivity index (χ1) is 10.3. The van der Waals surface area contributed by atoms with Crippen molar-refractivity contribution in [1.82, 2.24) is 0 Å². The number of hydrogen-bond acceptors (Lipinski definition) is 2. The molecule has 1 atom stereocenters. The molecule has 0 aromatic heterocycles. The molecule has 0 bridgehead atoms. The van der Waals surface area contributed by atoms with Crippen LogP contribution in [0.3, 0.4) is 0 Å². The van der Waals surface area contributed by atoms with Gasteiger partial charge in [0.15, 0.2) is 0 Å². The van der Waals surface area contributed by atoms with Crippen LogP contribution in [0.1, 0.15) is 32.6 Å². The second-order valence-corrected chi connectivity index (χ2v) is 6.44. The van der Waals surface area contributed by atoms with Crippen molar-refractivity contribution in [2.24, 2.45) is 0 Å². The highest BCUT2D eigenvalue weighted by atomic mass is 32.2. The van der Waals surface area contributed by atoms with Crippen molar-refractivity contribution in [3.05, 3.63) is 54.6 Å². The number of unbranched alkanes of at least 4 members (excludes halogenated alkanes) is 3. The van der Waals surface area contributed by atoms with Gasteiger partial charge >= 0.3 is 0 Å². The van der Waals surface area contributed by atoms with Gasteiger partial charge in [-0.15, -0.1) is 0 Å². The molecule has 0 saturated carbocycles. The SMILES string of the molecule is CCCCCCOc1ccc(S(=O)c2ccccc2)cc1. The maximum atomic E-state index is 12.4. The number of rotatable bonds is 8. The zero-order valence-electron chi connectivity index (χ0n) is 12.5. The summed E-state index contributed by atoms with van der Waals surface area (Å²) in [7, 11) is -1.12. The van der Waals surface area contributed by atoms with Crippen LogP contribution in [0.2, 0.25) is 0 Å². The highest BCUT2D eigenvalue weighted by molar-refractivity contribution is 7.85. The molecule has 0 spiro atoms. The molecule has 21 heavy (non-hydrogen) atoms. The molecule has 0 aliphatic carbocycles. The topological polar surface area (TPSA) is 26.3 Å². The minimum absolute atomic E-state index is 0.751. The number of hydrogen-bond donors (Lipinski definition) is 0. The molecule has 0 N–H and O–H groups in total. The lowest BCUT2D eigenvalue weighted by Gasteiger charge is -2.07. The van der Waals surface area contributed by atoms with E-state index in [2.05, 4.69) is 6.92 Å². The Balaban J connectivity index is 1.88. The molecule has 2 rings (SSSR count). The molecule has 0 amide bonds. The van der Waals surface area contributed by atoms with Gasteiger partial charge in [0.1, 0.15) is 5.75 Å². The largest absolute Gasteiger partial charge is 0.494 e. The van der Waals surface area contributed by atoms with Gasteiger partial charge in [0.2, 0.25) is 0 Å². The normalized spacial score (nSPS) is 12.0. The summed E-state index contributed by atoms with van der Waals surface area (Å²) in [4.78, 5) is 1.63. The van der Waals surface area contributed by atoms with Crippen molar-refractivity contribution in [3.8, 4) is 5.75 Å². The van der Waals surface area contributed by atoms with Gasteiger partial charge in [0, 0.05) is 9.79 Å². The molecule has 112 valence electrons. The second-order valence-electron chi connectivity index (χ2n) is 4.96. The highest BCUT2D eigenvalue weighted by Gasteiger charge is 2.06. The van der Waals surface area contributed by atoms with Crippen LogP contribution >= 0.6 is 0 Å². The van der Waals surface area contributed by atoms with E-state index in [0.29, 0.717) is 0 Å². The quantitative estimate of drug-likeness (QED) is 0.654. The molecule has 2 aromatic carbocycles. The van der Waals surface area contributed by atoms with Gasteiger partial charge in [-0.3, -0.25) is 0 Å². The Morgan fingerprint density at radius 3 is 2.19 bits per heavy atom. The first kappa shape index (κ1) is 15.8. The fourth-order valence-corrected chi connectivity index (χ4v) is 3.12. The molecule has 3 heteroatoms. The molecule has 0 aliphatic rings. The van der Waals surface area contributed by atoms with Gasteiger partial charge in [0.25, 0.3) is 0 Å². The maximum Gasteiger partial charge on any atom is 0.119 e. The van der Waals surface area contributed by atoms with E-state index in [4.69, 9.17) is 4.74 Å². The van der Waals surface area contributed by atoms with Gasteiger partial charge in [-0.25, -0.2) is 4.21 Å². The van der Waals surface area contributed by atoms with Gasteiger partial charge in [0.05, 0.1) is 17.4 Å². The van der Waals surface area contributed by atoms with Gasteiger partial charge < -0.3 is 4.74 Å². The third-order valence-corrected chi connectivity index (χ3v) is 4.66. The standard InChI is InChI=1S/C18H22O2S/c1-2-3-4-8-15-20-16-11-13-18(14-12-16)21(19)17-9-6-5-7-10-17/h5-7,9-14H,2-4,8,15H2,1H3. The van der Waals surface area contributed by atoms with Crippen molar-refractivity contribution in [2.45, 2.75) is 42.4 Å². The van der Waals surface area contributed by atoms with Crippen LogP contribution in [-0.2, 0) is 10.8 Å². The average Bonchev–Trinajstić information content (AvgIpc) is 2.55. The van der Waals surface area contributed by atoms with E-state index in [1.807, 2.05) is 54.6 Å². The Morgan fingerprint density at radius 1 is 0.857 bits per heavy atom. The van der Waals surface area contributed by atoms with Crippen LogP contribution in [0.25, 0.3) is 0 Å². The second kappa shape index (κ2) is 8.63. The van der Waals surface area contributed by atoms with Crippen LogP contribution in [0.4, 0.5) is 0 Å². The number of ether oxygens (including phenoxy) is 1. The monoisotopic (exact) mass is 302 g/mol. The molecule has 0 heterocycles. The summed E-state index contributed by atoms with van der Waals surface area (Å²) in [6, 6.07) is 17.1. The van der Waals surface area contributed by atoms with E-state index < -0.39 is 10.8 Å². The third-order valence-electron chi connectivity index (χ3n) is 3.26. The zero-order chi connectivity index (χ0) is 14.9. The molecule has 0 radical (unpaired) electrons. The molecular formula is C18H22O2S. The zero-order valence-corrected chi connectivity index (χ0v) is 13.3. The number of benzene rings is 2. The maximum absolute atomic E-state index is 12.4. The Labute approximate surface area is 129 Å². The van der Waals surface area contributed by atoms with E-state index in [1.54, 1.807) is 0 Å². The van der Waals surface area contributed by atoms with Gasteiger partial charge in [-0.05, 0) is 42.8 Å². The highest BCUT2D eigenvalue weighted by Crippen LogP contribution is 2.19. The summed E-state index contributed by atoms with van der Waals surface area (Å²) in [5.74, 6) is 0.848. The van der Waals surface area contributed by atoms with Crippen molar-refractivity contribution in [3.63, 3.8) is 0 Å². The van der Waals surface area contributed by atoms with E-state index in [-0.39, 0.29) is 0 Å². The Morgan fingerprint density at radius 2 is 1.52 bits per heavy atom. The van der Waals surface area contributed by atoms with E-state index >= 15 is 0 Å². The van der Waals surface area contributed by atoms with Crippen molar-refractivity contribution in [2.75, 3.05) is 6.61 Å². The summed E-state index contributed by atoms with van der Waals surface area (Å²) in [5.41, 5.74) is 0. The molecule has 0 fully saturated rings. The fourth-order valence-electron chi connectivity index (χ4n) is 2.06. The van der Waals surface area contributed by atoms with E-state index in [1.165, 1.54) is 19.3 Å². The summed E-state index contributed by atoms with van der Waals surface area (Å²) in [6.07, 6.45) is 4.80. The third kappa shape index (κ3) is 5.01. The van der Waals surface area contributed by atoms with Gasteiger partial charge in [-0.1, -0.05) is 44.4 Å².